The summed E-state index contributed by atoms with van der Waals surface area (Å²) in [6.45, 7) is 0. The molecule has 4 rings (SSSR count). The number of hydrogen-bond acceptors (Lipinski definition) is 2. The molecule has 2 N–H and O–H groups in total. The van der Waals surface area contributed by atoms with Gasteiger partial charge >= 0.3 is 21.1 Å². The van der Waals surface area contributed by atoms with Gasteiger partial charge in [0.15, 0.2) is 0 Å². The van der Waals surface area contributed by atoms with Crippen LogP contribution in [0.1, 0.15) is 25.7 Å². The number of aromatic nitrogens is 2. The standard InChI is InChI=1S/C12H8N2.C6H12N2.Pt/c1-3-9-5-6-10-4-2-8-14-12(10)11(9)13-7-1;7-5-3-1-2-4-6(5)8;/h1-8H;5-8H,1-4H2;/q;-2;+2/t;5-,6-;/m.0./s1. The minimum Gasteiger partial charge on any atom is -0.676 e. The SMILES string of the molecule is [NH-][C@H]1CCCC[C@@H]1[NH-].[Pt+2].c1cnc2c(c1)ccc1cccnc12. The van der Waals surface area contributed by atoms with E-state index < -0.39 is 0 Å². The summed E-state index contributed by atoms with van der Waals surface area (Å²) in [6.07, 6.45) is 7.85. The Morgan fingerprint density at radius 1 is 0.739 bits per heavy atom. The molecule has 0 aliphatic heterocycles. The van der Waals surface area contributed by atoms with E-state index >= 15 is 0 Å². The van der Waals surface area contributed by atoms with E-state index in [1.807, 2.05) is 12.1 Å². The first kappa shape index (κ1) is 18.0. The zero-order valence-electron chi connectivity index (χ0n) is 12.8. The Balaban J connectivity index is 0.000000185. The van der Waals surface area contributed by atoms with Crippen LogP contribution in [0.2, 0.25) is 0 Å². The first-order valence-corrected chi connectivity index (χ1v) is 7.76. The first-order chi connectivity index (χ1) is 10.8. The van der Waals surface area contributed by atoms with Crippen LogP contribution in [0.4, 0.5) is 0 Å². The molecule has 0 saturated heterocycles. The summed E-state index contributed by atoms with van der Waals surface area (Å²) in [5.41, 5.74) is 16.5. The Hall–Kier alpha value is -1.35. The maximum atomic E-state index is 7.29. The smallest absolute Gasteiger partial charge is 0.676 e. The normalized spacial score (nSPS) is 20.4. The number of pyridine rings is 2. The number of nitrogens with zero attached hydrogens (tertiary/aromatic N) is 2. The van der Waals surface area contributed by atoms with Crippen molar-refractivity contribution in [1.82, 2.24) is 9.97 Å². The second-order valence-electron chi connectivity index (χ2n) is 5.71. The van der Waals surface area contributed by atoms with Gasteiger partial charge in [-0.2, -0.15) is 12.1 Å². The van der Waals surface area contributed by atoms with Crippen LogP contribution in [0, 0.1) is 0 Å². The van der Waals surface area contributed by atoms with Gasteiger partial charge in [-0.3, -0.25) is 9.97 Å². The molecule has 5 heteroatoms. The minimum atomic E-state index is -0.0799. The third-order valence-corrected chi connectivity index (χ3v) is 4.11. The summed E-state index contributed by atoms with van der Waals surface area (Å²) in [7, 11) is 0. The fourth-order valence-electron chi connectivity index (χ4n) is 2.81. The molecule has 1 aromatic carbocycles. The molecule has 0 spiro atoms. The van der Waals surface area contributed by atoms with E-state index in [9.17, 15) is 0 Å². The molecule has 1 saturated carbocycles. The van der Waals surface area contributed by atoms with Crippen molar-refractivity contribution in [3.05, 3.63) is 60.3 Å². The number of rotatable bonds is 0. The second-order valence-corrected chi connectivity index (χ2v) is 5.71. The van der Waals surface area contributed by atoms with Crippen molar-refractivity contribution in [3.8, 4) is 0 Å². The molecule has 23 heavy (non-hydrogen) atoms. The third-order valence-electron chi connectivity index (χ3n) is 4.11. The van der Waals surface area contributed by atoms with Gasteiger partial charge in [0.2, 0.25) is 0 Å². The fourth-order valence-corrected chi connectivity index (χ4v) is 2.81. The number of hydrogen-bond donors (Lipinski definition) is 0. The van der Waals surface area contributed by atoms with E-state index in [0.29, 0.717) is 0 Å². The predicted molar refractivity (Wildman–Crippen MR) is 91.7 cm³/mol. The van der Waals surface area contributed by atoms with Crippen molar-refractivity contribution in [2.75, 3.05) is 0 Å². The van der Waals surface area contributed by atoms with Crippen LogP contribution in [0.25, 0.3) is 33.3 Å². The molecule has 0 radical (unpaired) electrons. The molecular weight excluding hydrogens is 467 g/mol. The Morgan fingerprint density at radius 2 is 1.17 bits per heavy atom. The summed E-state index contributed by atoms with van der Waals surface area (Å²) < 4.78 is 0. The van der Waals surface area contributed by atoms with Crippen molar-refractivity contribution in [1.29, 1.82) is 0 Å². The molecule has 2 atom stereocenters. The molecule has 1 aliphatic rings. The van der Waals surface area contributed by atoms with Gasteiger partial charge in [0.1, 0.15) is 0 Å². The molecule has 2 aromatic heterocycles. The zero-order valence-corrected chi connectivity index (χ0v) is 15.1. The fraction of sp³-hybridized carbons (Fsp3) is 0.333. The molecule has 0 unspecified atom stereocenters. The van der Waals surface area contributed by atoms with Crippen LogP contribution in [-0.4, -0.2) is 22.1 Å². The molecule has 4 nitrogen and oxygen atoms in total. The van der Waals surface area contributed by atoms with E-state index in [1.165, 1.54) is 12.8 Å². The van der Waals surface area contributed by atoms with E-state index in [4.69, 9.17) is 11.5 Å². The van der Waals surface area contributed by atoms with Gasteiger partial charge in [-0.25, -0.2) is 0 Å². The number of nitrogens with one attached hydrogen (secondary N) is 2. The van der Waals surface area contributed by atoms with Crippen molar-refractivity contribution < 1.29 is 21.1 Å². The van der Waals surface area contributed by atoms with Crippen molar-refractivity contribution in [3.63, 3.8) is 0 Å². The van der Waals surface area contributed by atoms with Crippen molar-refractivity contribution in [2.45, 2.75) is 37.8 Å². The van der Waals surface area contributed by atoms with Gasteiger partial charge in [-0.05, 0) is 12.1 Å². The quantitative estimate of drug-likeness (QED) is 0.410. The third kappa shape index (κ3) is 4.35. The van der Waals surface area contributed by atoms with Gasteiger partial charge in [0, 0.05) is 23.2 Å². The largest absolute Gasteiger partial charge is 2.00 e. The van der Waals surface area contributed by atoms with Gasteiger partial charge in [0.25, 0.3) is 0 Å². The first-order valence-electron chi connectivity index (χ1n) is 7.76. The average molecular weight is 487 g/mol. The molecule has 1 aliphatic carbocycles. The van der Waals surface area contributed by atoms with E-state index in [0.717, 1.165) is 34.6 Å². The van der Waals surface area contributed by atoms with Crippen molar-refractivity contribution in [2.24, 2.45) is 0 Å². The van der Waals surface area contributed by atoms with E-state index in [1.54, 1.807) is 12.4 Å². The summed E-state index contributed by atoms with van der Waals surface area (Å²) in [5.74, 6) is 0. The Kier molecular flexibility index (Phi) is 6.64. The van der Waals surface area contributed by atoms with Crippen LogP contribution in [0.3, 0.4) is 0 Å². The summed E-state index contributed by atoms with van der Waals surface area (Å²) in [5, 5.41) is 2.28. The van der Waals surface area contributed by atoms with Gasteiger partial charge in [-0.15, -0.1) is 0 Å². The second kappa shape index (κ2) is 8.49. The molecule has 0 amide bonds. The zero-order chi connectivity index (χ0) is 15.4. The molecule has 2 heterocycles. The molecule has 0 bridgehead atoms. The Labute approximate surface area is 150 Å². The topological polar surface area (TPSA) is 73.4 Å². The monoisotopic (exact) mass is 487 g/mol. The van der Waals surface area contributed by atoms with Crippen LogP contribution in [0.5, 0.6) is 0 Å². The van der Waals surface area contributed by atoms with Crippen LogP contribution >= 0.6 is 0 Å². The summed E-state index contributed by atoms with van der Waals surface area (Å²) in [6, 6.07) is 12.0. The van der Waals surface area contributed by atoms with Gasteiger partial charge < -0.3 is 11.5 Å². The minimum absolute atomic E-state index is 0. The molecule has 1 fully saturated rings. The van der Waals surface area contributed by atoms with Gasteiger partial charge in [0.05, 0.1) is 11.0 Å². The van der Waals surface area contributed by atoms with E-state index in [2.05, 4.69) is 34.2 Å². The van der Waals surface area contributed by atoms with Gasteiger partial charge in [-0.1, -0.05) is 49.9 Å². The Morgan fingerprint density at radius 3 is 1.57 bits per heavy atom. The van der Waals surface area contributed by atoms with E-state index in [-0.39, 0.29) is 33.1 Å². The molecule has 122 valence electrons. The number of fused-ring (bicyclic) bond motifs is 3. The molecular formula is C18H20N4Pt. The predicted octanol–water partition coefficient (Wildman–Crippen LogP) is 5.18. The van der Waals surface area contributed by atoms with Crippen LogP contribution < -0.4 is 0 Å². The summed E-state index contributed by atoms with van der Waals surface area (Å²) in [4.78, 5) is 8.69. The Bertz CT molecular complexity index is 697. The van der Waals surface area contributed by atoms with Crippen LogP contribution in [0.15, 0.2) is 48.8 Å². The maximum Gasteiger partial charge on any atom is 2.00 e. The maximum absolute atomic E-state index is 7.29. The average Bonchev–Trinajstić information content (AvgIpc) is 2.58. The molecule has 3 aromatic rings. The van der Waals surface area contributed by atoms with Crippen LogP contribution in [-0.2, 0) is 21.1 Å². The summed E-state index contributed by atoms with van der Waals surface area (Å²) >= 11 is 0. The number of benzene rings is 1. The van der Waals surface area contributed by atoms with Crippen molar-refractivity contribution >= 4 is 21.8 Å².